The molecule has 140 valence electrons. The van der Waals surface area contributed by atoms with Gasteiger partial charge in [-0.3, -0.25) is 4.79 Å². The van der Waals surface area contributed by atoms with Crippen molar-refractivity contribution in [2.75, 3.05) is 26.7 Å². The van der Waals surface area contributed by atoms with Crippen LogP contribution >= 0.6 is 0 Å². The van der Waals surface area contributed by atoms with E-state index in [1.54, 1.807) is 13.2 Å². The van der Waals surface area contributed by atoms with E-state index in [0.29, 0.717) is 35.8 Å². The van der Waals surface area contributed by atoms with E-state index in [-0.39, 0.29) is 18.0 Å². The molecule has 3 rings (SSSR count). The molecule has 0 radical (unpaired) electrons. The van der Waals surface area contributed by atoms with Crippen molar-refractivity contribution in [1.29, 1.82) is 0 Å². The molecular weight excluding hydrogens is 332 g/mol. The van der Waals surface area contributed by atoms with Gasteiger partial charge in [0.15, 0.2) is 0 Å². The van der Waals surface area contributed by atoms with E-state index in [1.165, 1.54) is 0 Å². The summed E-state index contributed by atoms with van der Waals surface area (Å²) >= 11 is 0. The van der Waals surface area contributed by atoms with Crippen LogP contribution in [0.1, 0.15) is 30.4 Å². The smallest absolute Gasteiger partial charge is 0.339 e. The molecule has 0 bridgehead atoms. The van der Waals surface area contributed by atoms with Gasteiger partial charge in [0.25, 0.3) is 0 Å². The first kappa shape index (κ1) is 18.5. The number of amides is 1. The Morgan fingerprint density at radius 1 is 1.42 bits per heavy atom. The number of hydrogen-bond acceptors (Lipinski definition) is 5. The topological polar surface area (TPSA) is 80.6 Å². The van der Waals surface area contributed by atoms with Gasteiger partial charge in [0, 0.05) is 30.0 Å². The van der Waals surface area contributed by atoms with Crippen LogP contribution in [0, 0.1) is 12.8 Å². The van der Waals surface area contributed by atoms with Crippen molar-refractivity contribution < 1.29 is 13.9 Å². The first-order chi connectivity index (χ1) is 12.6. The molecule has 26 heavy (non-hydrogen) atoms. The predicted molar refractivity (Wildman–Crippen MR) is 101 cm³/mol. The maximum absolute atomic E-state index is 12.3. The zero-order chi connectivity index (χ0) is 18.5. The number of carbonyl (C=O) groups excluding carboxylic acids is 1. The van der Waals surface area contributed by atoms with E-state index >= 15 is 0 Å². The van der Waals surface area contributed by atoms with Gasteiger partial charge in [0.2, 0.25) is 5.91 Å². The lowest BCUT2D eigenvalue weighted by Crippen LogP contribution is -2.38. The second kappa shape index (κ2) is 8.36. The third-order valence-electron chi connectivity index (χ3n) is 5.08. The summed E-state index contributed by atoms with van der Waals surface area (Å²) in [5.74, 6) is 1.11. The minimum atomic E-state index is -0.382. The van der Waals surface area contributed by atoms with E-state index in [1.807, 2.05) is 19.1 Å². The Labute approximate surface area is 152 Å². The fraction of sp³-hybridized carbons (Fsp3) is 0.500. The third kappa shape index (κ3) is 4.25. The molecule has 1 aromatic heterocycles. The lowest BCUT2D eigenvalue weighted by molar-refractivity contribution is -0.121. The number of hydrogen-bond donors (Lipinski definition) is 2. The molecule has 1 amide bonds. The number of fused-ring (bicyclic) bond motifs is 1. The maximum atomic E-state index is 12.3. The average Bonchev–Trinajstić information content (AvgIpc) is 2.66. The monoisotopic (exact) mass is 358 g/mol. The highest BCUT2D eigenvalue weighted by Crippen LogP contribution is 2.24. The molecule has 1 aliphatic rings. The van der Waals surface area contributed by atoms with Gasteiger partial charge in [0.05, 0.1) is 7.11 Å². The minimum absolute atomic E-state index is 0.0239. The molecule has 2 N–H and O–H groups in total. The second-order valence-electron chi connectivity index (χ2n) is 6.87. The Bertz CT molecular complexity index is 838. The summed E-state index contributed by atoms with van der Waals surface area (Å²) in [4.78, 5) is 24.5. The van der Waals surface area contributed by atoms with Gasteiger partial charge in [-0.2, -0.15) is 0 Å². The lowest BCUT2D eigenvalue weighted by atomic mass is 9.99. The van der Waals surface area contributed by atoms with Crippen LogP contribution in [0.3, 0.4) is 0 Å². The summed E-state index contributed by atoms with van der Waals surface area (Å²) in [6.07, 6.45) is 2.96. The molecule has 1 unspecified atom stereocenters. The van der Waals surface area contributed by atoms with Crippen molar-refractivity contribution in [1.82, 2.24) is 10.6 Å². The van der Waals surface area contributed by atoms with Crippen LogP contribution in [0.5, 0.6) is 5.75 Å². The largest absolute Gasteiger partial charge is 0.497 e. The summed E-state index contributed by atoms with van der Waals surface area (Å²) < 4.78 is 10.6. The molecule has 6 nitrogen and oxygen atoms in total. The number of piperidine rings is 1. The van der Waals surface area contributed by atoms with E-state index in [0.717, 1.165) is 36.9 Å². The van der Waals surface area contributed by atoms with Crippen LogP contribution in [0.15, 0.2) is 27.4 Å². The maximum Gasteiger partial charge on any atom is 0.339 e. The summed E-state index contributed by atoms with van der Waals surface area (Å²) in [7, 11) is 1.57. The van der Waals surface area contributed by atoms with Crippen LogP contribution in [-0.4, -0.2) is 32.7 Å². The Hall–Kier alpha value is -2.34. The quantitative estimate of drug-likeness (QED) is 0.774. The van der Waals surface area contributed by atoms with Crippen molar-refractivity contribution in [2.45, 2.75) is 32.6 Å². The first-order valence-electron chi connectivity index (χ1n) is 9.16. The predicted octanol–water partition coefficient (Wildman–Crippen LogP) is 2.16. The molecule has 0 saturated carbocycles. The average molecular weight is 358 g/mol. The first-order valence-corrected chi connectivity index (χ1v) is 9.16. The molecule has 0 aliphatic carbocycles. The van der Waals surface area contributed by atoms with Crippen molar-refractivity contribution >= 4 is 16.9 Å². The van der Waals surface area contributed by atoms with Crippen LogP contribution in [0.2, 0.25) is 0 Å². The van der Waals surface area contributed by atoms with Crippen molar-refractivity contribution in [3.63, 3.8) is 0 Å². The Morgan fingerprint density at radius 2 is 2.27 bits per heavy atom. The van der Waals surface area contributed by atoms with Gasteiger partial charge in [0.1, 0.15) is 11.3 Å². The van der Waals surface area contributed by atoms with Crippen LogP contribution < -0.4 is 21.0 Å². The number of nitrogens with one attached hydrogen (secondary N) is 2. The van der Waals surface area contributed by atoms with Crippen molar-refractivity contribution in [2.24, 2.45) is 5.92 Å². The fourth-order valence-electron chi connectivity index (χ4n) is 3.47. The molecular formula is C20H26N2O4. The fourth-order valence-corrected chi connectivity index (χ4v) is 3.47. The highest BCUT2D eigenvalue weighted by Gasteiger charge is 2.16. The van der Waals surface area contributed by atoms with Gasteiger partial charge in [-0.1, -0.05) is 0 Å². The SMILES string of the molecule is COc1ccc2c(C)c(CCC(=O)NCC3CCCNC3)c(=O)oc2c1. The van der Waals surface area contributed by atoms with Gasteiger partial charge in [-0.15, -0.1) is 0 Å². The van der Waals surface area contributed by atoms with Gasteiger partial charge >= 0.3 is 5.63 Å². The van der Waals surface area contributed by atoms with E-state index in [9.17, 15) is 9.59 Å². The van der Waals surface area contributed by atoms with Crippen LogP contribution in [0.25, 0.3) is 11.0 Å². The Kier molecular flexibility index (Phi) is 5.93. The lowest BCUT2D eigenvalue weighted by Gasteiger charge is -2.22. The van der Waals surface area contributed by atoms with Crippen molar-refractivity contribution in [3.8, 4) is 5.75 Å². The summed E-state index contributed by atoms with van der Waals surface area (Å²) in [6.45, 7) is 4.61. The van der Waals surface area contributed by atoms with E-state index < -0.39 is 0 Å². The molecule has 1 aliphatic heterocycles. The molecule has 2 heterocycles. The molecule has 0 spiro atoms. The second-order valence-corrected chi connectivity index (χ2v) is 6.87. The van der Waals surface area contributed by atoms with Gasteiger partial charge in [-0.05, 0) is 62.9 Å². The number of aryl methyl sites for hydroxylation is 1. The Balaban J connectivity index is 1.64. The van der Waals surface area contributed by atoms with E-state index in [4.69, 9.17) is 9.15 Å². The summed E-state index contributed by atoms with van der Waals surface area (Å²) in [6, 6.07) is 5.43. The van der Waals surface area contributed by atoms with Crippen LogP contribution in [0.4, 0.5) is 0 Å². The molecule has 1 fully saturated rings. The molecule has 1 atom stereocenters. The van der Waals surface area contributed by atoms with Gasteiger partial charge < -0.3 is 19.8 Å². The molecule has 2 aromatic rings. The molecule has 1 saturated heterocycles. The standard InChI is InChI=1S/C20H26N2O4/c1-13-16-6-5-15(25-2)10-18(16)26-20(24)17(13)7-8-19(23)22-12-14-4-3-9-21-11-14/h5-6,10,14,21H,3-4,7-9,11-12H2,1-2H3,(H,22,23). The Morgan fingerprint density at radius 3 is 3.00 bits per heavy atom. The zero-order valence-electron chi connectivity index (χ0n) is 15.4. The third-order valence-corrected chi connectivity index (χ3v) is 5.08. The van der Waals surface area contributed by atoms with E-state index in [2.05, 4.69) is 10.6 Å². The zero-order valence-corrected chi connectivity index (χ0v) is 15.4. The number of carbonyl (C=O) groups is 1. The molecule has 1 aromatic carbocycles. The number of benzene rings is 1. The summed E-state index contributed by atoms with van der Waals surface area (Å²) in [5.41, 5.74) is 1.55. The van der Waals surface area contributed by atoms with Crippen molar-refractivity contribution in [3.05, 3.63) is 39.7 Å². The van der Waals surface area contributed by atoms with Crippen LogP contribution in [-0.2, 0) is 11.2 Å². The van der Waals surface area contributed by atoms with Gasteiger partial charge in [-0.25, -0.2) is 4.79 Å². The number of methoxy groups -OCH3 is 1. The number of ether oxygens (including phenoxy) is 1. The molecule has 6 heteroatoms. The minimum Gasteiger partial charge on any atom is -0.497 e. The normalized spacial score (nSPS) is 17.2. The highest BCUT2D eigenvalue weighted by atomic mass is 16.5. The highest BCUT2D eigenvalue weighted by molar-refractivity contribution is 5.82. The number of rotatable bonds is 6. The summed E-state index contributed by atoms with van der Waals surface area (Å²) in [5, 5.41) is 7.20.